The summed E-state index contributed by atoms with van der Waals surface area (Å²) in [6.45, 7) is 0.408. The van der Waals surface area contributed by atoms with Crippen molar-refractivity contribution < 1.29 is 14.7 Å². The molecular weight excluding hydrogens is 250 g/mol. The van der Waals surface area contributed by atoms with Crippen LogP contribution >= 0.6 is 12.6 Å². The van der Waals surface area contributed by atoms with Gasteiger partial charge in [0.1, 0.15) is 6.04 Å². The first kappa shape index (κ1) is 13.0. The molecule has 1 amide bonds. The van der Waals surface area contributed by atoms with Gasteiger partial charge in [-0.2, -0.15) is 12.6 Å². The van der Waals surface area contributed by atoms with Gasteiger partial charge >= 0.3 is 5.97 Å². The van der Waals surface area contributed by atoms with Crippen LogP contribution in [0.3, 0.4) is 0 Å². The number of benzene rings is 1. The fourth-order valence-electron chi connectivity index (χ4n) is 2.18. The predicted molar refractivity (Wildman–Crippen MR) is 70.7 cm³/mol. The highest BCUT2D eigenvalue weighted by Crippen LogP contribution is 2.21. The number of aliphatic carboxylic acids is 1. The van der Waals surface area contributed by atoms with E-state index in [0.717, 1.165) is 5.56 Å². The lowest BCUT2D eigenvalue weighted by Gasteiger charge is -2.24. The largest absolute Gasteiger partial charge is 0.480 e. The maximum absolute atomic E-state index is 11.7. The average molecular weight is 265 g/mol. The van der Waals surface area contributed by atoms with E-state index in [2.05, 4.69) is 12.6 Å². The molecule has 18 heavy (non-hydrogen) atoms. The molecule has 1 fully saturated rings. The highest BCUT2D eigenvalue weighted by atomic mass is 32.1. The Morgan fingerprint density at radius 1 is 1.44 bits per heavy atom. The van der Waals surface area contributed by atoms with Crippen molar-refractivity contribution in [1.82, 2.24) is 4.90 Å². The Morgan fingerprint density at radius 2 is 2.11 bits per heavy atom. The molecule has 96 valence electrons. The topological polar surface area (TPSA) is 57.6 Å². The molecule has 0 aliphatic carbocycles. The molecule has 1 aliphatic heterocycles. The van der Waals surface area contributed by atoms with Crippen LogP contribution in [0.2, 0.25) is 0 Å². The van der Waals surface area contributed by atoms with Crippen LogP contribution in [-0.2, 0) is 16.0 Å². The van der Waals surface area contributed by atoms with Gasteiger partial charge in [-0.1, -0.05) is 30.3 Å². The number of likely N-dealkylation sites (tertiary alicyclic amines) is 1. The summed E-state index contributed by atoms with van der Waals surface area (Å²) in [6, 6.07) is 8.55. The molecule has 0 bridgehead atoms. The van der Waals surface area contributed by atoms with Crippen LogP contribution in [0, 0.1) is 0 Å². The zero-order valence-electron chi connectivity index (χ0n) is 9.82. The zero-order chi connectivity index (χ0) is 13.1. The lowest BCUT2D eigenvalue weighted by molar-refractivity contribution is -0.148. The number of carbonyl (C=O) groups excluding carboxylic acids is 1. The molecule has 0 aromatic heterocycles. The van der Waals surface area contributed by atoms with Crippen LogP contribution in [0.4, 0.5) is 0 Å². The van der Waals surface area contributed by atoms with Gasteiger partial charge < -0.3 is 10.0 Å². The minimum absolute atomic E-state index is 0.0601. The first-order chi connectivity index (χ1) is 8.58. The summed E-state index contributed by atoms with van der Waals surface area (Å²) < 4.78 is 0. The molecule has 1 heterocycles. The van der Waals surface area contributed by atoms with E-state index < -0.39 is 12.0 Å². The third-order valence-corrected chi connectivity index (χ3v) is 3.42. The van der Waals surface area contributed by atoms with Gasteiger partial charge in [-0.3, -0.25) is 4.79 Å². The van der Waals surface area contributed by atoms with Gasteiger partial charge in [-0.25, -0.2) is 4.79 Å². The summed E-state index contributed by atoms with van der Waals surface area (Å²) >= 11 is 4.24. The second kappa shape index (κ2) is 5.44. The Bertz CT molecular complexity index is 449. The highest BCUT2D eigenvalue weighted by molar-refractivity contribution is 7.81. The molecule has 1 N–H and O–H groups in total. The van der Waals surface area contributed by atoms with E-state index in [1.807, 2.05) is 30.3 Å². The summed E-state index contributed by atoms with van der Waals surface area (Å²) in [7, 11) is 0. The fourth-order valence-corrected chi connectivity index (χ4v) is 2.51. The van der Waals surface area contributed by atoms with Crippen LogP contribution in [0.5, 0.6) is 0 Å². The van der Waals surface area contributed by atoms with Crippen molar-refractivity contribution in [3.8, 4) is 0 Å². The lowest BCUT2D eigenvalue weighted by Crippen LogP contribution is -2.43. The van der Waals surface area contributed by atoms with Crippen LogP contribution in [-0.4, -0.2) is 39.7 Å². The molecule has 2 atom stereocenters. The van der Waals surface area contributed by atoms with E-state index in [9.17, 15) is 14.7 Å². The molecule has 0 spiro atoms. The summed E-state index contributed by atoms with van der Waals surface area (Å²) in [4.78, 5) is 24.5. The quantitative estimate of drug-likeness (QED) is 0.805. The monoisotopic (exact) mass is 265 g/mol. The predicted octanol–water partition coefficient (Wildman–Crippen LogP) is 1.21. The van der Waals surface area contributed by atoms with Crippen molar-refractivity contribution >= 4 is 24.5 Å². The Morgan fingerprint density at radius 3 is 2.61 bits per heavy atom. The minimum atomic E-state index is -0.963. The standard InChI is InChI=1S/C13H15NO3S/c15-12-7-10(18)8-14(12)11(13(16)17)6-9-4-2-1-3-5-9/h1-5,10-11,18H,6-8H2,(H,16,17). The molecule has 0 radical (unpaired) electrons. The zero-order valence-corrected chi connectivity index (χ0v) is 10.7. The molecule has 1 aromatic carbocycles. The molecule has 0 saturated carbocycles. The van der Waals surface area contributed by atoms with E-state index in [1.54, 1.807) is 0 Å². The number of amides is 1. The molecule has 5 heteroatoms. The first-order valence-corrected chi connectivity index (χ1v) is 6.34. The van der Waals surface area contributed by atoms with E-state index in [4.69, 9.17) is 0 Å². The van der Waals surface area contributed by atoms with E-state index in [0.29, 0.717) is 19.4 Å². The molecule has 2 unspecified atom stereocenters. The SMILES string of the molecule is O=C(O)C(Cc1ccccc1)N1CC(S)CC1=O. The van der Waals surface area contributed by atoms with E-state index in [1.165, 1.54) is 4.90 Å². The maximum Gasteiger partial charge on any atom is 0.326 e. The smallest absolute Gasteiger partial charge is 0.326 e. The number of hydrogen-bond donors (Lipinski definition) is 2. The van der Waals surface area contributed by atoms with Crippen molar-refractivity contribution in [3.05, 3.63) is 35.9 Å². The van der Waals surface area contributed by atoms with Gasteiger partial charge in [-0.15, -0.1) is 0 Å². The van der Waals surface area contributed by atoms with Crippen LogP contribution in [0.1, 0.15) is 12.0 Å². The highest BCUT2D eigenvalue weighted by Gasteiger charge is 2.36. The molecule has 2 rings (SSSR count). The molecule has 1 aliphatic rings. The molecule has 4 nitrogen and oxygen atoms in total. The summed E-state index contributed by atoms with van der Waals surface area (Å²) in [5.74, 6) is -1.09. The number of hydrogen-bond acceptors (Lipinski definition) is 3. The number of thiol groups is 1. The van der Waals surface area contributed by atoms with Gasteiger partial charge in [0.05, 0.1) is 0 Å². The van der Waals surface area contributed by atoms with Gasteiger partial charge in [0.2, 0.25) is 5.91 Å². The van der Waals surface area contributed by atoms with E-state index >= 15 is 0 Å². The lowest BCUT2D eigenvalue weighted by atomic mass is 10.1. The van der Waals surface area contributed by atoms with E-state index in [-0.39, 0.29) is 11.2 Å². The Balaban J connectivity index is 2.14. The van der Waals surface area contributed by atoms with Crippen LogP contribution < -0.4 is 0 Å². The number of carboxylic acid groups (broad SMARTS) is 1. The number of carbonyl (C=O) groups is 2. The summed E-state index contributed by atoms with van der Waals surface area (Å²) in [5.41, 5.74) is 0.917. The average Bonchev–Trinajstić information content (AvgIpc) is 2.66. The molecule has 1 aromatic rings. The van der Waals surface area contributed by atoms with Gasteiger partial charge in [0.15, 0.2) is 0 Å². The molecule has 1 saturated heterocycles. The molecular formula is C13H15NO3S. The minimum Gasteiger partial charge on any atom is -0.480 e. The van der Waals surface area contributed by atoms with Crippen molar-refractivity contribution in [2.45, 2.75) is 24.1 Å². The second-order valence-corrected chi connectivity index (χ2v) is 5.18. The third kappa shape index (κ3) is 2.85. The third-order valence-electron chi connectivity index (χ3n) is 3.07. The fraction of sp³-hybridized carbons (Fsp3) is 0.385. The number of carboxylic acids is 1. The van der Waals surface area contributed by atoms with Crippen molar-refractivity contribution in [2.75, 3.05) is 6.54 Å². The van der Waals surface area contributed by atoms with Crippen molar-refractivity contribution in [3.63, 3.8) is 0 Å². The van der Waals surface area contributed by atoms with Gasteiger partial charge in [-0.05, 0) is 5.56 Å². The maximum atomic E-state index is 11.7. The van der Waals surface area contributed by atoms with Crippen molar-refractivity contribution in [1.29, 1.82) is 0 Å². The van der Waals surface area contributed by atoms with Gasteiger partial charge in [0.25, 0.3) is 0 Å². The summed E-state index contributed by atoms with van der Waals surface area (Å²) in [5, 5.41) is 9.22. The number of rotatable bonds is 4. The second-order valence-electron chi connectivity index (χ2n) is 4.45. The Hall–Kier alpha value is -1.49. The van der Waals surface area contributed by atoms with Crippen LogP contribution in [0.25, 0.3) is 0 Å². The summed E-state index contributed by atoms with van der Waals surface area (Å²) in [6.07, 6.45) is 0.657. The van der Waals surface area contributed by atoms with Crippen LogP contribution in [0.15, 0.2) is 30.3 Å². The number of nitrogens with zero attached hydrogens (tertiary/aromatic N) is 1. The Labute approximate surface area is 111 Å². The first-order valence-electron chi connectivity index (χ1n) is 5.82. The van der Waals surface area contributed by atoms with Gasteiger partial charge in [0, 0.05) is 24.6 Å². The Kier molecular flexibility index (Phi) is 3.91. The van der Waals surface area contributed by atoms with Crippen molar-refractivity contribution in [2.24, 2.45) is 0 Å². The normalized spacial score (nSPS) is 21.1.